The van der Waals surface area contributed by atoms with E-state index in [-0.39, 0.29) is 17.4 Å². The Kier molecular flexibility index (Phi) is 7.78. The molecular weight excluding hydrogens is 452 g/mol. The fourth-order valence-corrected chi connectivity index (χ4v) is 6.05. The largest absolute Gasteiger partial charge is 0.484 e. The number of sulfonamides is 1. The molecule has 1 saturated carbocycles. The van der Waals surface area contributed by atoms with E-state index in [1.807, 2.05) is 0 Å². The summed E-state index contributed by atoms with van der Waals surface area (Å²) in [5, 5.41) is 4.54. The molecular formula is C22H28N2O6S2. The summed E-state index contributed by atoms with van der Waals surface area (Å²) in [5.41, 5.74) is -0.518. The summed E-state index contributed by atoms with van der Waals surface area (Å²) in [7, 11) is -2.14. The van der Waals surface area contributed by atoms with Gasteiger partial charge in [-0.05, 0) is 55.5 Å². The second-order valence-corrected chi connectivity index (χ2v) is 10.7. The highest BCUT2D eigenvalue weighted by atomic mass is 32.2. The third-order valence-electron chi connectivity index (χ3n) is 5.43. The number of hydrogen-bond acceptors (Lipinski definition) is 7. The van der Waals surface area contributed by atoms with E-state index < -0.39 is 27.4 Å². The van der Waals surface area contributed by atoms with E-state index >= 15 is 0 Å². The van der Waals surface area contributed by atoms with Crippen LogP contribution in [-0.2, 0) is 24.3 Å². The van der Waals surface area contributed by atoms with Gasteiger partial charge in [0.05, 0.1) is 12.3 Å². The van der Waals surface area contributed by atoms with Gasteiger partial charge >= 0.3 is 5.97 Å². The van der Waals surface area contributed by atoms with Crippen LogP contribution in [0.25, 0.3) is 0 Å². The van der Waals surface area contributed by atoms with Gasteiger partial charge in [-0.15, -0.1) is 11.3 Å². The first-order chi connectivity index (χ1) is 15.3. The van der Waals surface area contributed by atoms with E-state index in [1.165, 1.54) is 11.4 Å². The van der Waals surface area contributed by atoms with Crippen LogP contribution in [0.3, 0.4) is 0 Å². The molecule has 1 fully saturated rings. The van der Waals surface area contributed by atoms with E-state index in [1.54, 1.807) is 48.7 Å². The van der Waals surface area contributed by atoms with Crippen LogP contribution in [0.15, 0.2) is 46.0 Å². The fourth-order valence-electron chi connectivity index (χ4n) is 3.69. The topological polar surface area (TPSA) is 102 Å². The lowest BCUT2D eigenvalue weighted by molar-refractivity contribution is -0.155. The third kappa shape index (κ3) is 5.42. The Labute approximate surface area is 192 Å². The maximum absolute atomic E-state index is 12.6. The van der Waals surface area contributed by atoms with Crippen LogP contribution >= 0.6 is 11.3 Å². The second kappa shape index (κ2) is 10.4. The lowest BCUT2D eigenvalue weighted by atomic mass is 9.81. The van der Waals surface area contributed by atoms with Crippen molar-refractivity contribution < 1.29 is 27.5 Å². The molecule has 1 N–H and O–H groups in total. The van der Waals surface area contributed by atoms with Gasteiger partial charge in [0.1, 0.15) is 15.5 Å². The molecule has 32 heavy (non-hydrogen) atoms. The number of rotatable bonds is 9. The average Bonchev–Trinajstić information content (AvgIpc) is 3.34. The Balaban J connectivity index is 1.60. The SMILES string of the molecule is CCOC(=O)C1(NC(=O)COc2ccc(N(C)S(=O)(=O)c3cccs3)cc2)CCCCC1. The van der Waals surface area contributed by atoms with Crippen LogP contribution in [-0.4, -0.2) is 46.1 Å². The van der Waals surface area contributed by atoms with Crippen molar-refractivity contribution in [1.82, 2.24) is 5.32 Å². The molecule has 8 nitrogen and oxygen atoms in total. The highest BCUT2D eigenvalue weighted by molar-refractivity contribution is 7.94. The van der Waals surface area contributed by atoms with Crippen LogP contribution in [0.1, 0.15) is 39.0 Å². The van der Waals surface area contributed by atoms with E-state index in [2.05, 4.69) is 5.32 Å². The van der Waals surface area contributed by atoms with Crippen molar-refractivity contribution >= 4 is 38.9 Å². The highest BCUT2D eigenvalue weighted by Gasteiger charge is 2.42. The molecule has 1 aliphatic rings. The van der Waals surface area contributed by atoms with Gasteiger partial charge < -0.3 is 14.8 Å². The Bertz CT molecular complexity index is 1010. The molecule has 0 bridgehead atoms. The minimum absolute atomic E-state index is 0.259. The van der Waals surface area contributed by atoms with E-state index in [0.717, 1.165) is 30.6 Å². The second-order valence-electron chi connectivity index (χ2n) is 7.60. The van der Waals surface area contributed by atoms with Gasteiger partial charge in [-0.3, -0.25) is 9.10 Å². The molecule has 1 heterocycles. The Hall–Kier alpha value is -2.59. The maximum atomic E-state index is 12.6. The molecule has 1 aromatic carbocycles. The van der Waals surface area contributed by atoms with Crippen molar-refractivity contribution in [2.24, 2.45) is 0 Å². The number of benzene rings is 1. The Morgan fingerprint density at radius 1 is 1.12 bits per heavy atom. The molecule has 0 unspecified atom stereocenters. The number of thiophene rings is 1. The van der Waals surface area contributed by atoms with E-state index in [0.29, 0.717) is 24.3 Å². The standard InChI is InChI=1S/C22H28N2O6S2/c1-3-29-21(26)22(13-5-4-6-14-22)23-19(25)16-30-18-11-9-17(10-12-18)24(2)32(27,28)20-8-7-15-31-20/h7-12,15H,3-6,13-14,16H2,1-2H3,(H,23,25). The molecule has 0 aliphatic heterocycles. The van der Waals surface area contributed by atoms with Crippen molar-refractivity contribution in [3.05, 3.63) is 41.8 Å². The smallest absolute Gasteiger partial charge is 0.331 e. The van der Waals surface area contributed by atoms with Gasteiger partial charge in [-0.2, -0.15) is 0 Å². The molecule has 3 rings (SSSR count). The van der Waals surface area contributed by atoms with Gasteiger partial charge in [-0.25, -0.2) is 13.2 Å². The zero-order chi connectivity index (χ0) is 23.2. The first-order valence-corrected chi connectivity index (χ1v) is 12.8. The summed E-state index contributed by atoms with van der Waals surface area (Å²) in [5.74, 6) is -0.381. The van der Waals surface area contributed by atoms with Crippen molar-refractivity contribution in [3.63, 3.8) is 0 Å². The summed E-state index contributed by atoms with van der Waals surface area (Å²) in [4.78, 5) is 25.0. The first-order valence-electron chi connectivity index (χ1n) is 10.5. The van der Waals surface area contributed by atoms with Crippen LogP contribution in [0.5, 0.6) is 5.75 Å². The summed E-state index contributed by atoms with van der Waals surface area (Å²) in [6.07, 6.45) is 3.83. The van der Waals surface area contributed by atoms with Crippen LogP contribution < -0.4 is 14.4 Å². The third-order valence-corrected chi connectivity index (χ3v) is 8.59. The Morgan fingerprint density at radius 2 is 1.81 bits per heavy atom. The summed E-state index contributed by atoms with van der Waals surface area (Å²) in [6.45, 7) is 1.74. The number of esters is 1. The molecule has 10 heteroatoms. The molecule has 174 valence electrons. The molecule has 1 amide bonds. The molecule has 2 aromatic rings. The maximum Gasteiger partial charge on any atom is 0.331 e. The van der Waals surface area contributed by atoms with E-state index in [4.69, 9.17) is 9.47 Å². The minimum Gasteiger partial charge on any atom is -0.484 e. The number of carbonyl (C=O) groups excluding carboxylic acids is 2. The first kappa shape index (κ1) is 24.1. The van der Waals surface area contributed by atoms with Crippen LogP contribution in [0.4, 0.5) is 5.69 Å². The molecule has 1 aliphatic carbocycles. The van der Waals surface area contributed by atoms with Crippen LogP contribution in [0, 0.1) is 0 Å². The fraction of sp³-hybridized carbons (Fsp3) is 0.455. The molecule has 0 spiro atoms. The number of nitrogens with one attached hydrogen (secondary N) is 1. The summed E-state index contributed by atoms with van der Waals surface area (Å²) < 4.78 is 37.5. The molecule has 0 atom stereocenters. The summed E-state index contributed by atoms with van der Waals surface area (Å²) in [6, 6.07) is 9.67. The summed E-state index contributed by atoms with van der Waals surface area (Å²) >= 11 is 1.15. The van der Waals surface area contributed by atoms with Crippen molar-refractivity contribution in [2.75, 3.05) is 24.6 Å². The molecule has 0 radical (unpaired) electrons. The normalized spacial score (nSPS) is 15.6. The number of hydrogen-bond donors (Lipinski definition) is 1. The predicted octanol–water partition coefficient (Wildman–Crippen LogP) is 3.33. The number of anilines is 1. The highest BCUT2D eigenvalue weighted by Crippen LogP contribution is 2.30. The number of carbonyl (C=O) groups is 2. The lowest BCUT2D eigenvalue weighted by Gasteiger charge is -2.35. The van der Waals surface area contributed by atoms with Crippen molar-refractivity contribution in [3.8, 4) is 5.75 Å². The zero-order valence-electron chi connectivity index (χ0n) is 18.2. The van der Waals surface area contributed by atoms with Gasteiger partial charge in [0.2, 0.25) is 0 Å². The number of ether oxygens (including phenoxy) is 2. The Morgan fingerprint density at radius 3 is 2.41 bits per heavy atom. The van der Waals surface area contributed by atoms with Gasteiger partial charge in [-0.1, -0.05) is 25.3 Å². The van der Waals surface area contributed by atoms with Crippen molar-refractivity contribution in [1.29, 1.82) is 0 Å². The van der Waals surface area contributed by atoms with Gasteiger partial charge in [0, 0.05) is 7.05 Å². The average molecular weight is 481 g/mol. The zero-order valence-corrected chi connectivity index (χ0v) is 19.8. The number of amides is 1. The van der Waals surface area contributed by atoms with Gasteiger partial charge in [0.25, 0.3) is 15.9 Å². The lowest BCUT2D eigenvalue weighted by Crippen LogP contribution is -2.57. The monoisotopic (exact) mass is 480 g/mol. The predicted molar refractivity (Wildman–Crippen MR) is 122 cm³/mol. The van der Waals surface area contributed by atoms with Crippen molar-refractivity contribution in [2.45, 2.75) is 48.8 Å². The molecule has 0 saturated heterocycles. The van der Waals surface area contributed by atoms with Crippen LogP contribution in [0.2, 0.25) is 0 Å². The van der Waals surface area contributed by atoms with E-state index in [9.17, 15) is 18.0 Å². The number of nitrogens with zero attached hydrogens (tertiary/aromatic N) is 1. The minimum atomic E-state index is -3.62. The quantitative estimate of drug-likeness (QED) is 0.553. The van der Waals surface area contributed by atoms with Gasteiger partial charge in [0.15, 0.2) is 6.61 Å². The molecule has 1 aromatic heterocycles.